The van der Waals surface area contributed by atoms with Crippen molar-refractivity contribution in [1.82, 2.24) is 4.57 Å². The number of amides is 1. The highest BCUT2D eigenvalue weighted by Gasteiger charge is 2.21. The fourth-order valence-electron chi connectivity index (χ4n) is 2.24. The zero-order chi connectivity index (χ0) is 20.2. The minimum atomic E-state index is -3.75. The molecule has 2 aromatic rings. The molecule has 0 aliphatic rings. The Bertz CT molecular complexity index is 946. The third-order valence-electron chi connectivity index (χ3n) is 3.52. The number of hydrogen-bond donors (Lipinski definition) is 3. The fraction of sp³-hybridized carbons (Fsp3) is 0.333. The summed E-state index contributed by atoms with van der Waals surface area (Å²) in [4.78, 5) is 11.3. The highest BCUT2D eigenvalue weighted by molar-refractivity contribution is 7.92. The molecular formula is C15H19Cl2N4O5S+. The average molecular weight is 438 g/mol. The first kappa shape index (κ1) is 21.1. The summed E-state index contributed by atoms with van der Waals surface area (Å²) in [6, 6.07) is 1.15. The van der Waals surface area contributed by atoms with Gasteiger partial charge in [0.25, 0.3) is 0 Å². The number of carbonyl (C=O) groups is 1. The summed E-state index contributed by atoms with van der Waals surface area (Å²) < 4.78 is 34.9. The number of nitrogens with one attached hydrogen (secondary N) is 2. The molecule has 0 bridgehead atoms. The lowest BCUT2D eigenvalue weighted by Gasteiger charge is -2.14. The summed E-state index contributed by atoms with van der Waals surface area (Å²) in [6.07, 6.45) is 5.02. The maximum atomic E-state index is 12.3. The number of ether oxygens (including phenoxy) is 1. The number of nitrogens with zero attached hydrogens (tertiary/aromatic N) is 2. The van der Waals surface area contributed by atoms with Gasteiger partial charge in [-0.2, -0.15) is 0 Å². The van der Waals surface area contributed by atoms with Gasteiger partial charge in [-0.15, -0.1) is 0 Å². The van der Waals surface area contributed by atoms with Gasteiger partial charge in [0.05, 0.1) is 42.9 Å². The van der Waals surface area contributed by atoms with Crippen molar-refractivity contribution < 1.29 is 27.6 Å². The van der Waals surface area contributed by atoms with Crippen molar-refractivity contribution in [2.45, 2.75) is 13.0 Å². The van der Waals surface area contributed by atoms with Crippen LogP contribution in [-0.2, 0) is 28.4 Å². The number of halogens is 2. The first-order valence-corrected chi connectivity index (χ1v) is 10.1. The first-order chi connectivity index (χ1) is 12.6. The van der Waals surface area contributed by atoms with Gasteiger partial charge in [0, 0.05) is 6.42 Å². The molecule has 9 nitrogen and oxygen atoms in total. The van der Waals surface area contributed by atoms with E-state index in [2.05, 4.69) is 14.8 Å². The Kier molecular flexibility index (Phi) is 6.79. The first-order valence-electron chi connectivity index (χ1n) is 7.70. The van der Waals surface area contributed by atoms with Gasteiger partial charge in [0.1, 0.15) is 17.4 Å². The minimum Gasteiger partial charge on any atom is -0.504 e. The molecule has 0 unspecified atom stereocenters. The van der Waals surface area contributed by atoms with E-state index in [9.17, 15) is 18.3 Å². The highest BCUT2D eigenvalue weighted by atomic mass is 35.5. The zero-order valence-corrected chi connectivity index (χ0v) is 16.9. The number of phenols is 1. The van der Waals surface area contributed by atoms with Crippen LogP contribution in [-0.4, -0.2) is 37.0 Å². The molecule has 1 aromatic carbocycles. The number of imidazole rings is 1. The molecule has 2 rings (SSSR count). The molecule has 0 fully saturated rings. The van der Waals surface area contributed by atoms with Crippen LogP contribution in [0.25, 0.3) is 0 Å². The second-order valence-corrected chi connectivity index (χ2v) is 8.28. The maximum Gasteiger partial charge on any atom is 0.411 e. The van der Waals surface area contributed by atoms with Gasteiger partial charge in [-0.1, -0.05) is 23.2 Å². The molecule has 0 aliphatic carbocycles. The van der Waals surface area contributed by atoms with Crippen LogP contribution >= 0.6 is 23.2 Å². The second kappa shape index (κ2) is 8.68. The average Bonchev–Trinajstić information content (AvgIpc) is 3.01. The van der Waals surface area contributed by atoms with Crippen LogP contribution in [0, 0.1) is 0 Å². The van der Waals surface area contributed by atoms with Crippen LogP contribution in [0.5, 0.6) is 5.75 Å². The van der Waals surface area contributed by atoms with Gasteiger partial charge in [0.2, 0.25) is 16.4 Å². The van der Waals surface area contributed by atoms with Crippen LogP contribution in [0.3, 0.4) is 0 Å². The smallest absolute Gasteiger partial charge is 0.411 e. The number of benzene rings is 1. The molecule has 1 amide bonds. The van der Waals surface area contributed by atoms with E-state index in [1.54, 1.807) is 0 Å². The SMILES string of the molecule is COC(=O)Nc1c(Cl)cc(NS(=O)(=O)CCCn2cc[n+](C)c2)c(O)c1Cl. The number of aryl methyl sites for hydroxylation is 2. The Hall–Kier alpha value is -2.17. The number of aromatic nitrogens is 2. The summed E-state index contributed by atoms with van der Waals surface area (Å²) in [6.45, 7) is 0.511. The van der Waals surface area contributed by atoms with E-state index in [1.165, 1.54) is 0 Å². The molecule has 27 heavy (non-hydrogen) atoms. The van der Waals surface area contributed by atoms with Gasteiger partial charge in [-0.05, 0) is 6.07 Å². The molecule has 0 atom stereocenters. The topological polar surface area (TPSA) is 114 Å². The predicted octanol–water partition coefficient (Wildman–Crippen LogP) is 2.34. The molecular weight excluding hydrogens is 419 g/mol. The standard InChI is InChI=1S/C15H18Cl2N4O5S/c1-20-5-6-21(9-20)4-3-7-27(24,25)19-11-8-10(16)13(12(17)14(11)22)18-15(23)26-2/h5-6,8-9,19H,3-4,7H2,1-2H3,(H-,18,22,23)/p+1. The van der Waals surface area contributed by atoms with Crippen LogP contribution in [0.15, 0.2) is 24.8 Å². The number of carbonyl (C=O) groups excluding carboxylic acids is 1. The molecule has 0 saturated heterocycles. The monoisotopic (exact) mass is 437 g/mol. The van der Waals surface area contributed by atoms with Crippen LogP contribution in [0.1, 0.15) is 6.42 Å². The molecule has 1 heterocycles. The van der Waals surface area contributed by atoms with E-state index in [4.69, 9.17) is 23.2 Å². The zero-order valence-electron chi connectivity index (χ0n) is 14.6. The summed E-state index contributed by atoms with van der Waals surface area (Å²) in [5, 5.41) is 12.0. The Morgan fingerprint density at radius 1 is 1.41 bits per heavy atom. The number of phenolic OH excluding ortho intramolecular Hbond substituents is 1. The van der Waals surface area contributed by atoms with Crippen molar-refractivity contribution in [3.8, 4) is 5.75 Å². The third kappa shape index (κ3) is 5.65. The Morgan fingerprint density at radius 3 is 2.70 bits per heavy atom. The summed E-state index contributed by atoms with van der Waals surface area (Å²) >= 11 is 12.0. The van der Waals surface area contributed by atoms with Crippen molar-refractivity contribution >= 4 is 50.7 Å². The van der Waals surface area contributed by atoms with E-state index >= 15 is 0 Å². The van der Waals surface area contributed by atoms with Crippen LogP contribution in [0.2, 0.25) is 10.0 Å². The lowest BCUT2D eigenvalue weighted by atomic mass is 10.2. The lowest BCUT2D eigenvalue weighted by molar-refractivity contribution is -0.671. The van der Waals surface area contributed by atoms with Crippen LogP contribution in [0.4, 0.5) is 16.2 Å². The van der Waals surface area contributed by atoms with Gasteiger partial charge < -0.3 is 9.84 Å². The van der Waals surface area contributed by atoms with Gasteiger partial charge in [0.15, 0.2) is 5.75 Å². The van der Waals surface area contributed by atoms with Crippen molar-refractivity contribution in [3.05, 3.63) is 34.8 Å². The number of rotatable bonds is 7. The molecule has 0 spiro atoms. The Morgan fingerprint density at radius 2 is 2.11 bits per heavy atom. The predicted molar refractivity (Wildman–Crippen MR) is 102 cm³/mol. The number of anilines is 2. The Labute approximate surface area is 166 Å². The number of methoxy groups -OCH3 is 1. The van der Waals surface area contributed by atoms with E-state index < -0.39 is 21.9 Å². The fourth-order valence-corrected chi connectivity index (χ4v) is 3.90. The van der Waals surface area contributed by atoms with Gasteiger partial charge in [-0.25, -0.2) is 22.3 Å². The lowest BCUT2D eigenvalue weighted by Crippen LogP contribution is -2.24. The minimum absolute atomic E-state index is 0.0688. The molecule has 1 aromatic heterocycles. The molecule has 0 saturated carbocycles. The van der Waals surface area contributed by atoms with E-state index in [0.29, 0.717) is 13.0 Å². The van der Waals surface area contributed by atoms with Crippen molar-refractivity contribution in [2.75, 3.05) is 22.9 Å². The number of sulfonamides is 1. The molecule has 0 aliphatic heterocycles. The largest absolute Gasteiger partial charge is 0.504 e. The number of aromatic hydroxyl groups is 1. The molecule has 3 N–H and O–H groups in total. The van der Waals surface area contributed by atoms with E-state index in [0.717, 1.165) is 13.2 Å². The van der Waals surface area contributed by atoms with Crippen molar-refractivity contribution in [1.29, 1.82) is 0 Å². The van der Waals surface area contributed by atoms with E-state index in [1.807, 2.05) is 34.9 Å². The van der Waals surface area contributed by atoms with Gasteiger partial charge >= 0.3 is 6.09 Å². The second-order valence-electron chi connectivity index (χ2n) is 5.65. The molecule has 148 valence electrons. The summed E-state index contributed by atoms with van der Waals surface area (Å²) in [5.74, 6) is -0.736. The molecule has 12 heteroatoms. The van der Waals surface area contributed by atoms with Crippen LogP contribution < -0.4 is 14.6 Å². The quantitative estimate of drug-likeness (QED) is 0.454. The van der Waals surface area contributed by atoms with Crippen molar-refractivity contribution in [2.24, 2.45) is 7.05 Å². The van der Waals surface area contributed by atoms with Gasteiger partial charge in [-0.3, -0.25) is 10.0 Å². The number of hydrogen-bond acceptors (Lipinski definition) is 5. The normalized spacial score (nSPS) is 11.3. The Balaban J connectivity index is 2.09. The highest BCUT2D eigenvalue weighted by Crippen LogP contribution is 2.43. The summed E-state index contributed by atoms with van der Waals surface area (Å²) in [5.41, 5.74) is -0.279. The van der Waals surface area contributed by atoms with E-state index in [-0.39, 0.29) is 27.2 Å². The molecule has 0 radical (unpaired) electrons. The maximum absolute atomic E-state index is 12.3. The van der Waals surface area contributed by atoms with Crippen molar-refractivity contribution in [3.63, 3.8) is 0 Å². The third-order valence-corrected chi connectivity index (χ3v) is 5.55. The summed E-state index contributed by atoms with van der Waals surface area (Å²) in [7, 11) is -0.743.